The summed E-state index contributed by atoms with van der Waals surface area (Å²) in [5, 5.41) is 11.0. The Labute approximate surface area is 161 Å². The van der Waals surface area contributed by atoms with Crippen LogP contribution in [0.15, 0.2) is 30.3 Å². The summed E-state index contributed by atoms with van der Waals surface area (Å²) in [6.07, 6.45) is 1.06. The van der Waals surface area contributed by atoms with Crippen LogP contribution in [0.2, 0.25) is 0 Å². The molecular weight excluding hydrogens is 364 g/mol. The first-order valence-corrected chi connectivity index (χ1v) is 9.09. The molecule has 2 aromatic carbocycles. The molecule has 0 spiro atoms. The molecule has 2 aliphatic heterocycles. The van der Waals surface area contributed by atoms with E-state index in [1.807, 2.05) is 13.1 Å². The molecular formula is C20H21N2O6+. The van der Waals surface area contributed by atoms with Crippen LogP contribution in [-0.4, -0.2) is 38.2 Å². The van der Waals surface area contributed by atoms with E-state index in [1.54, 1.807) is 13.2 Å². The maximum absolute atomic E-state index is 12.9. The molecule has 0 fully saturated rings. The van der Waals surface area contributed by atoms with Crippen LogP contribution in [0.25, 0.3) is 0 Å². The molecule has 0 aliphatic carbocycles. The number of hydrogen-bond acceptors (Lipinski definition) is 6. The first-order chi connectivity index (χ1) is 13.5. The molecule has 0 amide bonds. The number of methoxy groups -OCH3 is 1. The van der Waals surface area contributed by atoms with Crippen LogP contribution in [0, 0.1) is 10.1 Å². The number of Topliss-reactive ketones (excluding diaryl/α,β-unsaturated/α-hetero) is 1. The molecule has 8 nitrogen and oxygen atoms in total. The van der Waals surface area contributed by atoms with Crippen molar-refractivity contribution in [3.05, 3.63) is 57.1 Å². The predicted molar refractivity (Wildman–Crippen MR) is 99.4 cm³/mol. The van der Waals surface area contributed by atoms with Crippen LogP contribution in [-0.2, 0) is 6.42 Å². The lowest BCUT2D eigenvalue weighted by Crippen LogP contribution is -3.10. The number of benzene rings is 2. The van der Waals surface area contributed by atoms with Gasteiger partial charge in [-0.15, -0.1) is 0 Å². The fourth-order valence-corrected chi connectivity index (χ4v) is 3.99. The average molecular weight is 385 g/mol. The standard InChI is InChI=1S/C20H20N2O6/c1-21-7-6-13-9-17-19(28-11-27-17)20(26-2)18(13)15(21)10-16(23)12-4-3-5-14(8-12)22(24)25/h3-5,8-9,15H,6-7,10-11H2,1-2H3/p+1/t15-/m1/s1. The summed E-state index contributed by atoms with van der Waals surface area (Å²) in [4.78, 5) is 24.7. The van der Waals surface area contributed by atoms with Crippen molar-refractivity contribution < 1.29 is 28.8 Å². The predicted octanol–water partition coefficient (Wildman–Crippen LogP) is 1.72. The van der Waals surface area contributed by atoms with Crippen molar-refractivity contribution in [1.82, 2.24) is 0 Å². The Morgan fingerprint density at radius 2 is 2.18 bits per heavy atom. The number of quaternary nitrogens is 1. The molecule has 0 aromatic heterocycles. The molecule has 2 heterocycles. The van der Waals surface area contributed by atoms with Crippen molar-refractivity contribution in [2.75, 3.05) is 27.5 Å². The third kappa shape index (κ3) is 3.05. The van der Waals surface area contributed by atoms with Gasteiger partial charge in [-0.25, -0.2) is 0 Å². The Bertz CT molecular complexity index is 958. The number of nitro benzene ring substituents is 1. The number of likely N-dealkylation sites (N-methyl/N-ethyl adjacent to an activating group) is 1. The highest BCUT2D eigenvalue weighted by Crippen LogP contribution is 2.47. The van der Waals surface area contributed by atoms with Gasteiger partial charge in [-0.3, -0.25) is 14.9 Å². The minimum absolute atomic E-state index is 0.0865. The van der Waals surface area contributed by atoms with Gasteiger partial charge in [-0.2, -0.15) is 0 Å². The number of hydrogen-bond donors (Lipinski definition) is 1. The quantitative estimate of drug-likeness (QED) is 0.479. The highest BCUT2D eigenvalue weighted by molar-refractivity contribution is 5.97. The van der Waals surface area contributed by atoms with E-state index in [0.717, 1.165) is 24.1 Å². The van der Waals surface area contributed by atoms with Crippen molar-refractivity contribution >= 4 is 11.5 Å². The lowest BCUT2D eigenvalue weighted by Gasteiger charge is -2.32. The Balaban J connectivity index is 1.70. The largest absolute Gasteiger partial charge is 0.492 e. The fourth-order valence-electron chi connectivity index (χ4n) is 3.99. The third-order valence-corrected chi connectivity index (χ3v) is 5.45. The first-order valence-electron chi connectivity index (χ1n) is 9.09. The van der Waals surface area contributed by atoms with E-state index >= 15 is 0 Å². The smallest absolute Gasteiger partial charge is 0.270 e. The summed E-state index contributed by atoms with van der Waals surface area (Å²) in [5.41, 5.74) is 2.29. The van der Waals surface area contributed by atoms with E-state index in [-0.39, 0.29) is 30.7 Å². The van der Waals surface area contributed by atoms with Crippen LogP contribution in [0.3, 0.4) is 0 Å². The van der Waals surface area contributed by atoms with E-state index in [9.17, 15) is 14.9 Å². The molecule has 2 aliphatic rings. The molecule has 8 heteroatoms. The lowest BCUT2D eigenvalue weighted by atomic mass is 9.87. The van der Waals surface area contributed by atoms with E-state index < -0.39 is 4.92 Å². The molecule has 0 bridgehead atoms. The van der Waals surface area contributed by atoms with E-state index in [1.165, 1.54) is 23.1 Å². The number of nitrogens with zero attached hydrogens (tertiary/aromatic N) is 1. The number of rotatable bonds is 5. The van der Waals surface area contributed by atoms with Gasteiger partial charge in [0.15, 0.2) is 17.3 Å². The number of non-ortho nitro benzene ring substituents is 1. The average Bonchev–Trinajstić information content (AvgIpc) is 3.16. The molecule has 0 radical (unpaired) electrons. The van der Waals surface area contributed by atoms with Crippen LogP contribution < -0.4 is 19.1 Å². The Hall–Kier alpha value is -3.13. The molecule has 2 aromatic rings. The minimum Gasteiger partial charge on any atom is -0.492 e. The number of carbonyl (C=O) groups excluding carboxylic acids is 1. The van der Waals surface area contributed by atoms with Gasteiger partial charge in [-0.05, 0) is 11.6 Å². The van der Waals surface area contributed by atoms with Gasteiger partial charge in [0, 0.05) is 24.1 Å². The Morgan fingerprint density at radius 3 is 2.93 bits per heavy atom. The van der Waals surface area contributed by atoms with Crippen LogP contribution in [0.4, 0.5) is 5.69 Å². The number of nitrogens with one attached hydrogen (secondary N) is 1. The zero-order valence-corrected chi connectivity index (χ0v) is 15.7. The zero-order chi connectivity index (χ0) is 19.8. The topological polar surface area (TPSA) is 92.3 Å². The van der Waals surface area contributed by atoms with E-state index in [2.05, 4.69) is 0 Å². The maximum atomic E-state index is 12.9. The highest BCUT2D eigenvalue weighted by Gasteiger charge is 2.37. The van der Waals surface area contributed by atoms with Gasteiger partial charge in [0.25, 0.3) is 5.69 Å². The van der Waals surface area contributed by atoms with Crippen molar-refractivity contribution in [2.24, 2.45) is 0 Å². The molecule has 1 N–H and O–H groups in total. The number of fused-ring (bicyclic) bond motifs is 2. The molecule has 4 rings (SSSR count). The number of ketones is 1. The van der Waals surface area contributed by atoms with E-state index in [0.29, 0.717) is 22.8 Å². The number of carbonyl (C=O) groups is 1. The maximum Gasteiger partial charge on any atom is 0.270 e. The minimum atomic E-state index is -0.492. The summed E-state index contributed by atoms with van der Waals surface area (Å²) >= 11 is 0. The van der Waals surface area contributed by atoms with Crippen LogP contribution >= 0.6 is 0 Å². The van der Waals surface area contributed by atoms with Gasteiger partial charge >= 0.3 is 0 Å². The summed E-state index contributed by atoms with van der Waals surface area (Å²) in [6, 6.07) is 7.70. The molecule has 2 atom stereocenters. The normalized spacial score (nSPS) is 19.8. The first kappa shape index (κ1) is 18.2. The zero-order valence-electron chi connectivity index (χ0n) is 15.7. The van der Waals surface area contributed by atoms with E-state index in [4.69, 9.17) is 14.2 Å². The second-order valence-corrected chi connectivity index (χ2v) is 7.05. The SMILES string of the molecule is COc1c2c(cc3c1[C@@H](CC(=O)c1cccc([N+](=O)[O-])c1)[NH+](C)CC3)OCO2. The van der Waals surface area contributed by atoms with Crippen molar-refractivity contribution in [2.45, 2.75) is 18.9 Å². The van der Waals surface area contributed by atoms with Gasteiger partial charge in [-0.1, -0.05) is 12.1 Å². The van der Waals surface area contributed by atoms with Gasteiger partial charge in [0.05, 0.1) is 37.6 Å². The summed E-state index contributed by atoms with van der Waals surface area (Å²) in [7, 11) is 3.62. The molecule has 0 saturated carbocycles. The van der Waals surface area contributed by atoms with Gasteiger partial charge < -0.3 is 19.1 Å². The second kappa shape index (κ2) is 7.12. The molecule has 28 heavy (non-hydrogen) atoms. The van der Waals surface area contributed by atoms with Crippen molar-refractivity contribution in [3.63, 3.8) is 0 Å². The Kier molecular flexibility index (Phi) is 4.64. The molecule has 1 unspecified atom stereocenters. The van der Waals surface area contributed by atoms with Crippen molar-refractivity contribution in [3.8, 4) is 17.2 Å². The summed E-state index contributed by atoms with van der Waals surface area (Å²) in [6.45, 7) is 1.01. The summed E-state index contributed by atoms with van der Waals surface area (Å²) in [5.74, 6) is 1.71. The monoisotopic (exact) mass is 385 g/mol. The number of nitro groups is 1. The molecule has 146 valence electrons. The fraction of sp³-hybridized carbons (Fsp3) is 0.350. The van der Waals surface area contributed by atoms with Gasteiger partial charge in [0.2, 0.25) is 12.5 Å². The summed E-state index contributed by atoms with van der Waals surface area (Å²) < 4.78 is 16.8. The Morgan fingerprint density at radius 1 is 1.36 bits per heavy atom. The van der Waals surface area contributed by atoms with Gasteiger partial charge in [0.1, 0.15) is 6.04 Å². The van der Waals surface area contributed by atoms with Crippen LogP contribution in [0.1, 0.15) is 33.9 Å². The molecule has 0 saturated heterocycles. The third-order valence-electron chi connectivity index (χ3n) is 5.45. The highest BCUT2D eigenvalue weighted by atomic mass is 16.7. The lowest BCUT2D eigenvalue weighted by molar-refractivity contribution is -0.913. The van der Waals surface area contributed by atoms with Crippen molar-refractivity contribution in [1.29, 1.82) is 0 Å². The number of ether oxygens (including phenoxy) is 3. The second-order valence-electron chi connectivity index (χ2n) is 7.05. The van der Waals surface area contributed by atoms with Crippen LogP contribution in [0.5, 0.6) is 17.2 Å².